The molecule has 0 radical (unpaired) electrons. The summed E-state index contributed by atoms with van der Waals surface area (Å²) in [4.78, 5) is 20.3. The third-order valence-electron chi connectivity index (χ3n) is 3.21. The first-order chi connectivity index (χ1) is 10.8. The van der Waals surface area contributed by atoms with Gasteiger partial charge in [0.25, 0.3) is 0 Å². The Balaban J connectivity index is 1.66. The molecule has 0 spiro atoms. The van der Waals surface area contributed by atoms with E-state index in [0.717, 1.165) is 16.8 Å². The van der Waals surface area contributed by atoms with Crippen LogP contribution in [0.4, 0.5) is 0 Å². The molecule has 110 valence electrons. The summed E-state index contributed by atoms with van der Waals surface area (Å²) in [5.41, 5.74) is 2.55. The molecule has 3 rings (SSSR count). The van der Waals surface area contributed by atoms with Crippen LogP contribution in [0.3, 0.4) is 0 Å². The molecule has 0 aliphatic heterocycles. The Morgan fingerprint density at radius 1 is 1.14 bits per heavy atom. The second kappa shape index (κ2) is 6.67. The number of furan rings is 1. The molecule has 0 saturated carbocycles. The van der Waals surface area contributed by atoms with Crippen LogP contribution >= 0.6 is 0 Å². The highest BCUT2D eigenvalue weighted by molar-refractivity contribution is 5.78. The van der Waals surface area contributed by atoms with E-state index in [2.05, 4.69) is 15.3 Å². The molecule has 0 bridgehead atoms. The zero-order valence-corrected chi connectivity index (χ0v) is 11.9. The van der Waals surface area contributed by atoms with Crippen LogP contribution in [0.5, 0.6) is 0 Å². The van der Waals surface area contributed by atoms with Gasteiger partial charge in [-0.3, -0.25) is 14.8 Å². The molecule has 3 heterocycles. The van der Waals surface area contributed by atoms with Crippen molar-refractivity contribution in [1.82, 2.24) is 15.3 Å². The van der Waals surface area contributed by atoms with Gasteiger partial charge in [-0.1, -0.05) is 12.1 Å². The minimum atomic E-state index is -0.0535. The van der Waals surface area contributed by atoms with E-state index in [1.807, 2.05) is 36.4 Å². The largest absolute Gasteiger partial charge is 0.463 e. The summed E-state index contributed by atoms with van der Waals surface area (Å²) in [5, 5.41) is 2.90. The smallest absolute Gasteiger partial charge is 0.224 e. The zero-order valence-electron chi connectivity index (χ0n) is 11.9. The first-order valence-electron chi connectivity index (χ1n) is 6.96. The maximum Gasteiger partial charge on any atom is 0.224 e. The van der Waals surface area contributed by atoms with E-state index in [0.29, 0.717) is 18.7 Å². The number of hydrogen-bond acceptors (Lipinski definition) is 4. The lowest BCUT2D eigenvalue weighted by Crippen LogP contribution is -2.25. The molecule has 0 saturated heterocycles. The van der Waals surface area contributed by atoms with Gasteiger partial charge in [0, 0.05) is 30.7 Å². The van der Waals surface area contributed by atoms with E-state index in [-0.39, 0.29) is 5.91 Å². The highest BCUT2D eigenvalue weighted by Crippen LogP contribution is 2.21. The molecule has 1 amide bonds. The average Bonchev–Trinajstić information content (AvgIpc) is 3.08. The van der Waals surface area contributed by atoms with E-state index >= 15 is 0 Å². The zero-order chi connectivity index (χ0) is 15.2. The Hall–Kier alpha value is -2.95. The average molecular weight is 293 g/mol. The Kier molecular flexibility index (Phi) is 4.25. The van der Waals surface area contributed by atoms with Crippen LogP contribution in [0.2, 0.25) is 0 Å². The van der Waals surface area contributed by atoms with Crippen LogP contribution in [0.15, 0.2) is 65.7 Å². The number of nitrogens with zero attached hydrogens (tertiary/aromatic N) is 2. The van der Waals surface area contributed by atoms with Crippen molar-refractivity contribution in [3.8, 4) is 11.5 Å². The first kappa shape index (κ1) is 14.0. The van der Waals surface area contributed by atoms with Gasteiger partial charge in [0.05, 0.1) is 12.7 Å². The predicted octanol–water partition coefficient (Wildman–Crippen LogP) is 2.60. The van der Waals surface area contributed by atoms with Crippen LogP contribution in [0.25, 0.3) is 11.5 Å². The fourth-order valence-electron chi connectivity index (χ4n) is 2.16. The third kappa shape index (κ3) is 3.38. The summed E-state index contributed by atoms with van der Waals surface area (Å²) < 4.78 is 5.38. The molecule has 1 N–H and O–H groups in total. The number of hydrogen-bond donors (Lipinski definition) is 1. The number of aromatic nitrogens is 2. The summed E-state index contributed by atoms with van der Waals surface area (Å²) in [6, 6.07) is 11.1. The number of rotatable bonds is 5. The quantitative estimate of drug-likeness (QED) is 0.785. The molecule has 0 aliphatic carbocycles. The van der Waals surface area contributed by atoms with Gasteiger partial charge in [-0.05, 0) is 29.8 Å². The second-order valence-corrected chi connectivity index (χ2v) is 4.80. The Labute approximate surface area is 128 Å². The van der Waals surface area contributed by atoms with Crippen molar-refractivity contribution in [2.75, 3.05) is 0 Å². The highest BCUT2D eigenvalue weighted by atomic mass is 16.3. The minimum Gasteiger partial charge on any atom is -0.463 e. The molecule has 3 aromatic heterocycles. The van der Waals surface area contributed by atoms with E-state index in [4.69, 9.17) is 4.42 Å². The number of pyridine rings is 2. The molecular formula is C17H15N3O2. The summed E-state index contributed by atoms with van der Waals surface area (Å²) in [6.07, 6.45) is 7.00. The van der Waals surface area contributed by atoms with Gasteiger partial charge >= 0.3 is 0 Å². The van der Waals surface area contributed by atoms with Crippen molar-refractivity contribution in [2.45, 2.75) is 13.0 Å². The topological polar surface area (TPSA) is 68.0 Å². The van der Waals surface area contributed by atoms with E-state index in [1.54, 1.807) is 24.9 Å². The predicted molar refractivity (Wildman–Crippen MR) is 81.7 cm³/mol. The molecule has 22 heavy (non-hydrogen) atoms. The molecule has 0 unspecified atom stereocenters. The summed E-state index contributed by atoms with van der Waals surface area (Å²) in [6.45, 7) is 0.406. The summed E-state index contributed by atoms with van der Waals surface area (Å²) in [7, 11) is 0. The maximum absolute atomic E-state index is 12.0. The van der Waals surface area contributed by atoms with Gasteiger partial charge in [0.15, 0.2) is 5.76 Å². The molecule has 5 nitrogen and oxygen atoms in total. The first-order valence-corrected chi connectivity index (χ1v) is 6.96. The van der Waals surface area contributed by atoms with E-state index < -0.39 is 0 Å². The summed E-state index contributed by atoms with van der Waals surface area (Å²) >= 11 is 0. The van der Waals surface area contributed by atoms with Gasteiger partial charge in [-0.2, -0.15) is 0 Å². The Bertz CT molecular complexity index is 740. The SMILES string of the molecule is O=C(Cc1cccnc1)NCc1cccnc1-c1ccco1. The monoisotopic (exact) mass is 293 g/mol. The number of nitrogens with one attached hydrogen (secondary N) is 1. The van der Waals surface area contributed by atoms with Crippen LogP contribution in [0, 0.1) is 0 Å². The van der Waals surface area contributed by atoms with Gasteiger partial charge < -0.3 is 9.73 Å². The van der Waals surface area contributed by atoms with Crippen LogP contribution in [-0.2, 0) is 17.8 Å². The normalized spacial score (nSPS) is 10.4. The van der Waals surface area contributed by atoms with Crippen molar-refractivity contribution >= 4 is 5.91 Å². The van der Waals surface area contributed by atoms with Crippen molar-refractivity contribution < 1.29 is 9.21 Å². The van der Waals surface area contributed by atoms with Crippen molar-refractivity contribution in [1.29, 1.82) is 0 Å². The lowest BCUT2D eigenvalue weighted by molar-refractivity contribution is -0.120. The Morgan fingerprint density at radius 2 is 2.05 bits per heavy atom. The molecule has 3 aromatic rings. The Morgan fingerprint density at radius 3 is 2.82 bits per heavy atom. The molecule has 0 atom stereocenters. The second-order valence-electron chi connectivity index (χ2n) is 4.80. The van der Waals surface area contributed by atoms with Gasteiger partial charge in [0.1, 0.15) is 5.69 Å². The number of amides is 1. The molecule has 0 aromatic carbocycles. The van der Waals surface area contributed by atoms with Crippen LogP contribution < -0.4 is 5.32 Å². The van der Waals surface area contributed by atoms with E-state index in [9.17, 15) is 4.79 Å². The van der Waals surface area contributed by atoms with Gasteiger partial charge in [-0.15, -0.1) is 0 Å². The van der Waals surface area contributed by atoms with Gasteiger partial charge in [0.2, 0.25) is 5.91 Å². The standard InChI is InChI=1S/C17H15N3O2/c21-16(10-13-4-1-7-18-11-13)20-12-14-5-2-8-19-17(14)15-6-3-9-22-15/h1-9,11H,10,12H2,(H,20,21). The molecule has 0 fully saturated rings. The van der Waals surface area contributed by atoms with Crippen LogP contribution in [0.1, 0.15) is 11.1 Å². The maximum atomic E-state index is 12.0. The lowest BCUT2D eigenvalue weighted by atomic mass is 10.1. The van der Waals surface area contributed by atoms with Crippen molar-refractivity contribution in [3.05, 3.63) is 72.4 Å². The van der Waals surface area contributed by atoms with E-state index in [1.165, 1.54) is 0 Å². The molecule has 0 aliphatic rings. The molecular weight excluding hydrogens is 278 g/mol. The number of carbonyl (C=O) groups excluding carboxylic acids is 1. The van der Waals surface area contributed by atoms with Gasteiger partial charge in [-0.25, -0.2) is 0 Å². The van der Waals surface area contributed by atoms with Crippen LogP contribution in [-0.4, -0.2) is 15.9 Å². The molecule has 5 heteroatoms. The summed E-state index contributed by atoms with van der Waals surface area (Å²) in [5.74, 6) is 0.638. The number of carbonyl (C=O) groups is 1. The minimum absolute atomic E-state index is 0.0535. The lowest BCUT2D eigenvalue weighted by Gasteiger charge is -2.08. The van der Waals surface area contributed by atoms with Crippen molar-refractivity contribution in [2.24, 2.45) is 0 Å². The fourth-order valence-corrected chi connectivity index (χ4v) is 2.16. The van der Waals surface area contributed by atoms with Crippen molar-refractivity contribution in [3.63, 3.8) is 0 Å². The third-order valence-corrected chi connectivity index (χ3v) is 3.21. The highest BCUT2D eigenvalue weighted by Gasteiger charge is 2.10. The fraction of sp³-hybridized carbons (Fsp3) is 0.118.